The minimum atomic E-state index is -0.443. The van der Waals surface area contributed by atoms with Gasteiger partial charge in [0, 0.05) is 11.4 Å². The van der Waals surface area contributed by atoms with Crippen molar-refractivity contribution in [2.24, 2.45) is 0 Å². The Bertz CT molecular complexity index is 911. The molecule has 0 aliphatic carbocycles. The number of carbonyl (C=O) groups excluding carboxylic acids is 2. The third kappa shape index (κ3) is 8.86. The third-order valence-electron chi connectivity index (χ3n) is 3.63. The minimum Gasteiger partial charge on any atom is -0.492 e. The maximum Gasteiger partial charge on any atom is 0.276 e. The van der Waals surface area contributed by atoms with Crippen molar-refractivity contribution >= 4 is 52.3 Å². The average Bonchev–Trinajstić information content (AvgIpc) is 2.69. The molecule has 2 amide bonds. The fourth-order valence-corrected chi connectivity index (χ4v) is 2.87. The van der Waals surface area contributed by atoms with Crippen LogP contribution in [0.5, 0.6) is 11.5 Å². The lowest BCUT2D eigenvalue weighted by molar-refractivity contribution is -0.124. The quantitative estimate of drug-likeness (QED) is 0.311. The molecule has 0 fully saturated rings. The van der Waals surface area contributed by atoms with E-state index < -0.39 is 5.91 Å². The summed E-state index contributed by atoms with van der Waals surface area (Å²) in [5, 5.41) is 3.36. The molecule has 3 N–H and O–H groups in total. The molecule has 0 aliphatic heterocycles. The van der Waals surface area contributed by atoms with Crippen LogP contribution in [0.3, 0.4) is 0 Å². The van der Waals surface area contributed by atoms with Crippen molar-refractivity contribution in [1.29, 1.82) is 0 Å². The van der Waals surface area contributed by atoms with Crippen LogP contribution in [-0.4, -0.2) is 30.1 Å². The monoisotopic (exact) mass is 469 g/mol. The Morgan fingerprint density at radius 1 is 1.03 bits per heavy atom. The molecule has 0 aliphatic rings. The maximum absolute atomic E-state index is 11.9. The van der Waals surface area contributed by atoms with Crippen LogP contribution in [0, 0.1) is 6.92 Å². The van der Waals surface area contributed by atoms with Crippen LogP contribution in [0.1, 0.15) is 18.4 Å². The van der Waals surface area contributed by atoms with E-state index in [2.05, 4.69) is 16.2 Å². The molecule has 0 bridgehead atoms. The second-order valence-corrected chi connectivity index (χ2v) is 7.43. The van der Waals surface area contributed by atoms with Gasteiger partial charge in [-0.3, -0.25) is 20.4 Å². The van der Waals surface area contributed by atoms with Crippen molar-refractivity contribution in [2.75, 3.05) is 13.2 Å². The molecule has 0 spiro atoms. The van der Waals surface area contributed by atoms with Crippen LogP contribution in [0.15, 0.2) is 42.5 Å². The molecular formula is C20H21Cl2N3O4S. The lowest BCUT2D eigenvalue weighted by Gasteiger charge is -2.12. The van der Waals surface area contributed by atoms with Crippen LogP contribution >= 0.6 is 35.4 Å². The molecule has 0 saturated heterocycles. The summed E-state index contributed by atoms with van der Waals surface area (Å²) < 4.78 is 10.9. The van der Waals surface area contributed by atoms with Gasteiger partial charge in [0.15, 0.2) is 11.7 Å². The smallest absolute Gasteiger partial charge is 0.276 e. The van der Waals surface area contributed by atoms with E-state index in [0.29, 0.717) is 34.6 Å². The van der Waals surface area contributed by atoms with Gasteiger partial charge in [0.05, 0.1) is 11.6 Å². The summed E-state index contributed by atoms with van der Waals surface area (Å²) in [5.74, 6) is 0.322. The first-order chi connectivity index (χ1) is 14.3. The zero-order valence-corrected chi connectivity index (χ0v) is 18.5. The SMILES string of the molecule is Cc1cccc(OCC(=O)NNC(=S)NC(=O)CCCOc2ccc(Cl)cc2Cl)c1. The normalized spacial score (nSPS) is 10.1. The van der Waals surface area contributed by atoms with E-state index in [1.54, 1.807) is 24.3 Å². The Hall–Kier alpha value is -2.55. The van der Waals surface area contributed by atoms with E-state index in [-0.39, 0.29) is 24.0 Å². The zero-order valence-electron chi connectivity index (χ0n) is 16.2. The van der Waals surface area contributed by atoms with Gasteiger partial charge in [0.2, 0.25) is 5.91 Å². The van der Waals surface area contributed by atoms with Crippen LogP contribution in [-0.2, 0) is 9.59 Å². The minimum absolute atomic E-state index is 0.0226. The number of rotatable bonds is 8. The van der Waals surface area contributed by atoms with E-state index in [4.69, 9.17) is 44.9 Å². The van der Waals surface area contributed by atoms with E-state index in [1.807, 2.05) is 25.1 Å². The second-order valence-electron chi connectivity index (χ2n) is 6.18. The summed E-state index contributed by atoms with van der Waals surface area (Å²) >= 11 is 16.8. The molecule has 0 unspecified atom stereocenters. The number of halogens is 2. The molecule has 0 radical (unpaired) electrons. The first-order valence-corrected chi connectivity index (χ1v) is 10.2. The number of hydrazine groups is 1. The first kappa shape index (κ1) is 23.7. The molecule has 0 heterocycles. The van der Waals surface area contributed by atoms with Crippen molar-refractivity contribution in [2.45, 2.75) is 19.8 Å². The van der Waals surface area contributed by atoms with Gasteiger partial charge in [0.25, 0.3) is 5.91 Å². The summed E-state index contributed by atoms with van der Waals surface area (Å²) in [6.07, 6.45) is 0.627. The molecule has 0 saturated carbocycles. The number of hydrogen-bond acceptors (Lipinski definition) is 5. The molecule has 160 valence electrons. The highest BCUT2D eigenvalue weighted by atomic mass is 35.5. The Balaban J connectivity index is 1.58. The van der Waals surface area contributed by atoms with Crippen LogP contribution in [0.25, 0.3) is 0 Å². The first-order valence-electron chi connectivity index (χ1n) is 8.99. The highest BCUT2D eigenvalue weighted by molar-refractivity contribution is 7.80. The molecule has 10 heteroatoms. The van der Waals surface area contributed by atoms with E-state index in [9.17, 15) is 9.59 Å². The Morgan fingerprint density at radius 3 is 2.57 bits per heavy atom. The largest absolute Gasteiger partial charge is 0.492 e. The Morgan fingerprint density at radius 2 is 1.83 bits per heavy atom. The van der Waals surface area contributed by atoms with Gasteiger partial charge in [-0.15, -0.1) is 0 Å². The number of hydrogen-bond donors (Lipinski definition) is 3. The summed E-state index contributed by atoms with van der Waals surface area (Å²) in [4.78, 5) is 23.7. The number of thiocarbonyl (C=S) groups is 1. The number of amides is 2. The standard InChI is InChI=1S/C20H21Cl2N3O4S/c1-13-4-2-5-15(10-13)29-12-19(27)24-25-20(30)23-18(26)6-3-9-28-17-8-7-14(21)11-16(17)22/h2,4-5,7-8,10-11H,3,6,9,12H2,1H3,(H,24,27)(H2,23,25,26,30). The zero-order chi connectivity index (χ0) is 21.9. The second kappa shape index (κ2) is 12.2. The Labute approximate surface area is 190 Å². The van der Waals surface area contributed by atoms with E-state index in [0.717, 1.165) is 5.56 Å². The number of ether oxygens (including phenoxy) is 2. The van der Waals surface area contributed by atoms with Crippen LogP contribution in [0.4, 0.5) is 0 Å². The highest BCUT2D eigenvalue weighted by Crippen LogP contribution is 2.27. The van der Waals surface area contributed by atoms with Crippen molar-refractivity contribution in [3.63, 3.8) is 0 Å². The summed E-state index contributed by atoms with van der Waals surface area (Å²) in [6.45, 7) is 2.02. The van der Waals surface area contributed by atoms with E-state index >= 15 is 0 Å². The van der Waals surface area contributed by atoms with Gasteiger partial charge >= 0.3 is 0 Å². The van der Waals surface area contributed by atoms with Crippen molar-refractivity contribution < 1.29 is 19.1 Å². The summed E-state index contributed by atoms with van der Waals surface area (Å²) in [7, 11) is 0. The molecule has 2 aromatic carbocycles. The molecule has 30 heavy (non-hydrogen) atoms. The predicted molar refractivity (Wildman–Crippen MR) is 120 cm³/mol. The van der Waals surface area contributed by atoms with Crippen molar-refractivity contribution in [3.05, 3.63) is 58.1 Å². The van der Waals surface area contributed by atoms with Gasteiger partial charge in [0.1, 0.15) is 11.5 Å². The number of benzene rings is 2. The van der Waals surface area contributed by atoms with Crippen molar-refractivity contribution in [3.8, 4) is 11.5 Å². The molecule has 2 rings (SSSR count). The lowest BCUT2D eigenvalue weighted by Crippen LogP contribution is -2.49. The summed E-state index contributed by atoms with van der Waals surface area (Å²) in [6, 6.07) is 12.2. The molecular weight excluding hydrogens is 449 g/mol. The van der Waals surface area contributed by atoms with Crippen molar-refractivity contribution in [1.82, 2.24) is 16.2 Å². The molecule has 2 aromatic rings. The third-order valence-corrected chi connectivity index (χ3v) is 4.36. The van der Waals surface area contributed by atoms with Gasteiger partial charge < -0.3 is 14.8 Å². The lowest BCUT2D eigenvalue weighted by atomic mass is 10.2. The van der Waals surface area contributed by atoms with Gasteiger partial charge in [-0.25, -0.2) is 0 Å². The topological polar surface area (TPSA) is 88.7 Å². The van der Waals surface area contributed by atoms with Gasteiger partial charge in [-0.2, -0.15) is 0 Å². The predicted octanol–water partition coefficient (Wildman–Crippen LogP) is 3.56. The van der Waals surface area contributed by atoms with Gasteiger partial charge in [-0.1, -0.05) is 35.3 Å². The highest BCUT2D eigenvalue weighted by Gasteiger charge is 2.08. The number of nitrogens with one attached hydrogen (secondary N) is 3. The summed E-state index contributed by atoms with van der Waals surface area (Å²) in [5.41, 5.74) is 5.83. The van der Waals surface area contributed by atoms with Crippen LogP contribution < -0.4 is 25.6 Å². The molecule has 0 aromatic heterocycles. The van der Waals surface area contributed by atoms with Crippen LogP contribution in [0.2, 0.25) is 10.0 Å². The fourth-order valence-electron chi connectivity index (χ4n) is 2.24. The average molecular weight is 470 g/mol. The maximum atomic E-state index is 11.9. The molecule has 0 atom stereocenters. The number of aryl methyl sites for hydroxylation is 1. The Kier molecular flexibility index (Phi) is 9.66. The number of carbonyl (C=O) groups is 2. The van der Waals surface area contributed by atoms with E-state index in [1.165, 1.54) is 0 Å². The molecule has 7 nitrogen and oxygen atoms in total. The fraction of sp³-hybridized carbons (Fsp3) is 0.250. The van der Waals surface area contributed by atoms with Gasteiger partial charge in [-0.05, 0) is 61.5 Å².